The average Bonchev–Trinajstić information content (AvgIpc) is 2.96. The van der Waals surface area contributed by atoms with Crippen LogP contribution < -0.4 is 0 Å². The minimum Gasteiger partial charge on any atom is -0.484 e. The minimum atomic E-state index is -0.688. The van der Waals surface area contributed by atoms with Gasteiger partial charge < -0.3 is 28.4 Å². The molecule has 3 saturated heterocycles. The molecule has 0 spiro atoms. The van der Waals surface area contributed by atoms with Gasteiger partial charge in [-0.2, -0.15) is 0 Å². The molecule has 0 unspecified atom stereocenters. The van der Waals surface area contributed by atoms with Crippen LogP contribution in [0, 0.1) is 0 Å². The molecule has 0 bridgehead atoms. The van der Waals surface area contributed by atoms with Crippen molar-refractivity contribution in [1.29, 1.82) is 0 Å². The van der Waals surface area contributed by atoms with Crippen molar-refractivity contribution >= 4 is 0 Å². The Morgan fingerprint density at radius 1 is 1.10 bits per heavy atom. The Bertz CT molecular complexity index is 453. The van der Waals surface area contributed by atoms with Crippen LogP contribution in [0.15, 0.2) is 18.6 Å². The van der Waals surface area contributed by atoms with Crippen molar-refractivity contribution in [3.05, 3.63) is 18.6 Å². The molecule has 6 heteroatoms. The van der Waals surface area contributed by atoms with E-state index in [1.165, 1.54) is 6.26 Å². The van der Waals surface area contributed by atoms with Gasteiger partial charge in [-0.3, -0.25) is 0 Å². The highest BCUT2D eigenvalue weighted by Crippen LogP contribution is 2.41. The maximum Gasteiger partial charge on any atom is 0.191 e. The molecule has 21 heavy (non-hydrogen) atoms. The predicted octanol–water partition coefficient (Wildman–Crippen LogP) is 1.70. The lowest BCUT2D eigenvalue weighted by molar-refractivity contribution is -0.232. The fourth-order valence-corrected chi connectivity index (χ4v) is 2.96. The summed E-state index contributed by atoms with van der Waals surface area (Å²) >= 11 is 0. The largest absolute Gasteiger partial charge is 0.484 e. The molecule has 0 aromatic rings. The van der Waals surface area contributed by atoms with E-state index in [-0.39, 0.29) is 24.4 Å². The van der Waals surface area contributed by atoms with E-state index >= 15 is 0 Å². The van der Waals surface area contributed by atoms with E-state index in [9.17, 15) is 0 Å². The van der Waals surface area contributed by atoms with Crippen LogP contribution >= 0.6 is 0 Å². The summed E-state index contributed by atoms with van der Waals surface area (Å²) in [5, 5.41) is 0. The average molecular weight is 298 g/mol. The molecule has 0 aliphatic carbocycles. The van der Waals surface area contributed by atoms with Gasteiger partial charge in [0.05, 0.1) is 6.61 Å². The van der Waals surface area contributed by atoms with E-state index in [0.717, 1.165) is 0 Å². The Morgan fingerprint density at radius 3 is 2.48 bits per heavy atom. The van der Waals surface area contributed by atoms with Gasteiger partial charge in [0, 0.05) is 0 Å². The number of rotatable bonds is 3. The molecular weight excluding hydrogens is 276 g/mol. The number of hydrogen-bond acceptors (Lipinski definition) is 6. The fourth-order valence-electron chi connectivity index (χ4n) is 2.96. The fraction of sp³-hybridized carbons (Fsp3) is 0.800. The molecule has 0 amide bonds. The molecule has 0 saturated carbocycles. The molecule has 118 valence electrons. The molecular formula is C15H22O6. The molecule has 0 radical (unpaired) electrons. The molecule has 0 N–H and O–H groups in total. The highest BCUT2D eigenvalue weighted by atomic mass is 16.8. The van der Waals surface area contributed by atoms with Gasteiger partial charge >= 0.3 is 0 Å². The molecule has 3 aliphatic rings. The van der Waals surface area contributed by atoms with Crippen LogP contribution in [0.25, 0.3) is 0 Å². The standard InChI is InChI=1S/C15H22O6/c1-6-7-16-11-10(9-8-17-14(2,3)19-9)18-13-12(11)20-15(4,5)21-13/h7,9-13H,1,8H2,2-5H3/t9-,10-,11-,12-,13-/m1/s1. The Morgan fingerprint density at radius 2 is 1.86 bits per heavy atom. The van der Waals surface area contributed by atoms with Crippen molar-refractivity contribution in [2.75, 3.05) is 6.61 Å². The Balaban J connectivity index is 1.76. The second-order valence-electron chi connectivity index (χ2n) is 6.36. The molecule has 3 rings (SSSR count). The minimum absolute atomic E-state index is 0.232. The summed E-state index contributed by atoms with van der Waals surface area (Å²) in [4.78, 5) is 0. The first kappa shape index (κ1) is 15.0. The van der Waals surface area contributed by atoms with Gasteiger partial charge in [0.2, 0.25) is 0 Å². The predicted molar refractivity (Wildman–Crippen MR) is 72.2 cm³/mol. The number of fused-ring (bicyclic) bond motifs is 1. The molecule has 3 fully saturated rings. The quantitative estimate of drug-likeness (QED) is 0.584. The third kappa shape index (κ3) is 2.88. The van der Waals surface area contributed by atoms with Crippen LogP contribution in [0.1, 0.15) is 27.7 Å². The van der Waals surface area contributed by atoms with Crippen molar-refractivity contribution in [3.8, 4) is 0 Å². The van der Waals surface area contributed by atoms with E-state index in [4.69, 9.17) is 28.4 Å². The second kappa shape index (κ2) is 5.09. The summed E-state index contributed by atoms with van der Waals surface area (Å²) in [5.74, 6) is -1.31. The lowest BCUT2D eigenvalue weighted by Crippen LogP contribution is -2.43. The maximum absolute atomic E-state index is 5.96. The van der Waals surface area contributed by atoms with E-state index < -0.39 is 17.9 Å². The zero-order valence-electron chi connectivity index (χ0n) is 12.8. The number of ether oxygens (including phenoxy) is 6. The highest BCUT2D eigenvalue weighted by Gasteiger charge is 2.59. The van der Waals surface area contributed by atoms with Crippen LogP contribution in [-0.2, 0) is 28.4 Å². The van der Waals surface area contributed by atoms with E-state index in [2.05, 4.69) is 12.3 Å². The van der Waals surface area contributed by atoms with Crippen molar-refractivity contribution in [1.82, 2.24) is 0 Å². The van der Waals surface area contributed by atoms with Crippen molar-refractivity contribution in [3.63, 3.8) is 0 Å². The van der Waals surface area contributed by atoms with Gasteiger partial charge in [0.15, 0.2) is 30.1 Å². The zero-order chi connectivity index (χ0) is 15.3. The molecule has 0 aromatic carbocycles. The second-order valence-corrected chi connectivity index (χ2v) is 6.36. The number of hydrogen-bond donors (Lipinski definition) is 0. The van der Waals surface area contributed by atoms with Gasteiger partial charge in [-0.05, 0) is 27.7 Å². The zero-order valence-corrected chi connectivity index (χ0v) is 12.8. The third-order valence-electron chi connectivity index (χ3n) is 3.73. The lowest BCUT2D eigenvalue weighted by Gasteiger charge is -2.28. The first-order chi connectivity index (χ1) is 9.81. The Kier molecular flexibility index (Phi) is 3.64. The van der Waals surface area contributed by atoms with Crippen molar-refractivity contribution < 1.29 is 28.4 Å². The molecule has 6 nitrogen and oxygen atoms in total. The summed E-state index contributed by atoms with van der Waals surface area (Å²) in [6.07, 6.45) is -0.290. The molecule has 3 aliphatic heterocycles. The van der Waals surface area contributed by atoms with Gasteiger partial charge in [-0.25, -0.2) is 0 Å². The Hall–Kier alpha value is -0.880. The Labute approximate surface area is 124 Å². The summed E-state index contributed by atoms with van der Waals surface area (Å²) in [5.41, 5.74) is 2.60. The smallest absolute Gasteiger partial charge is 0.191 e. The van der Waals surface area contributed by atoms with E-state index in [0.29, 0.717) is 6.61 Å². The van der Waals surface area contributed by atoms with Gasteiger partial charge in [-0.1, -0.05) is 12.3 Å². The molecule has 0 aromatic heterocycles. The molecule has 5 atom stereocenters. The summed E-state index contributed by atoms with van der Waals surface area (Å²) in [6, 6.07) is 0. The van der Waals surface area contributed by atoms with E-state index in [1.807, 2.05) is 27.7 Å². The normalized spacial score (nSPS) is 43.3. The highest BCUT2D eigenvalue weighted by molar-refractivity contribution is 4.99. The SMILES string of the molecule is C=C=CO[C@H]1[C@H]2OC(C)(C)O[C@H]2O[C@@H]1[C@H]1COC(C)(C)O1. The summed E-state index contributed by atoms with van der Waals surface area (Å²) in [6.45, 7) is 11.4. The molecule has 3 heterocycles. The monoisotopic (exact) mass is 298 g/mol. The van der Waals surface area contributed by atoms with E-state index in [1.54, 1.807) is 0 Å². The third-order valence-corrected chi connectivity index (χ3v) is 3.73. The summed E-state index contributed by atoms with van der Waals surface area (Å²) in [7, 11) is 0. The topological polar surface area (TPSA) is 55.4 Å². The van der Waals surface area contributed by atoms with Gasteiger partial charge in [0.25, 0.3) is 0 Å². The van der Waals surface area contributed by atoms with Crippen LogP contribution in [-0.4, -0.2) is 48.9 Å². The van der Waals surface area contributed by atoms with Gasteiger partial charge in [-0.15, -0.1) is 0 Å². The van der Waals surface area contributed by atoms with Crippen molar-refractivity contribution in [2.24, 2.45) is 0 Å². The lowest BCUT2D eigenvalue weighted by atomic mass is 10.1. The van der Waals surface area contributed by atoms with Crippen LogP contribution in [0.4, 0.5) is 0 Å². The maximum atomic E-state index is 5.96. The summed E-state index contributed by atoms with van der Waals surface area (Å²) < 4.78 is 34.8. The van der Waals surface area contributed by atoms with Gasteiger partial charge in [0.1, 0.15) is 18.5 Å². The van der Waals surface area contributed by atoms with Crippen LogP contribution in [0.3, 0.4) is 0 Å². The first-order valence-corrected chi connectivity index (χ1v) is 7.14. The van der Waals surface area contributed by atoms with Crippen LogP contribution in [0.2, 0.25) is 0 Å². The van der Waals surface area contributed by atoms with Crippen LogP contribution in [0.5, 0.6) is 0 Å². The van der Waals surface area contributed by atoms with Crippen molar-refractivity contribution in [2.45, 2.75) is 70.0 Å². The first-order valence-electron chi connectivity index (χ1n) is 7.14.